The lowest BCUT2D eigenvalue weighted by Gasteiger charge is -2.10. The monoisotopic (exact) mass is 203 g/mol. The fourth-order valence-electron chi connectivity index (χ4n) is 1.04. The van der Waals surface area contributed by atoms with Crippen LogP contribution in [0, 0.1) is 5.92 Å². The molecule has 1 fully saturated rings. The average Bonchev–Trinajstić information content (AvgIpc) is 2.30. The third-order valence-electron chi connectivity index (χ3n) is 1.58. The van der Waals surface area contributed by atoms with Crippen molar-refractivity contribution in [3.05, 3.63) is 12.2 Å². The third-order valence-corrected chi connectivity index (χ3v) is 5.45. The van der Waals surface area contributed by atoms with Crippen molar-refractivity contribution in [2.75, 3.05) is 0 Å². The molecule has 5 heteroatoms. The first-order chi connectivity index (χ1) is 5.29. The zero-order valence-corrected chi connectivity index (χ0v) is 7.92. The Labute approximate surface area is 76.0 Å². The summed E-state index contributed by atoms with van der Waals surface area (Å²) < 4.78 is 12.1. The van der Waals surface area contributed by atoms with Gasteiger partial charge in [0.25, 0.3) is 0 Å². The van der Waals surface area contributed by atoms with Crippen LogP contribution in [-0.4, -0.2) is 20.0 Å². The first-order valence-corrected chi connectivity index (χ1v) is 6.07. The maximum Gasteiger partial charge on any atom is 0.147 e. The van der Waals surface area contributed by atoms with Gasteiger partial charge in [-0.3, -0.25) is 4.99 Å². The van der Waals surface area contributed by atoms with Crippen LogP contribution >= 0.6 is 23.0 Å². The molecule has 0 bridgehead atoms. The molecule has 0 saturated carbocycles. The van der Waals surface area contributed by atoms with Crippen LogP contribution in [0.15, 0.2) is 17.1 Å². The third kappa shape index (κ3) is 1.21. The molecule has 2 heterocycles. The smallest absolute Gasteiger partial charge is 0.147 e. The molecule has 2 aliphatic heterocycles. The standard InChI is InChI=1S/C6H5NOS3/c8-11-5-4(6(9)10-11)2-1-3-7-5/h1-5H. The summed E-state index contributed by atoms with van der Waals surface area (Å²) in [5.41, 5.74) is 0. The molecule has 0 aromatic carbocycles. The zero-order valence-electron chi connectivity index (χ0n) is 5.47. The maximum atomic E-state index is 11.3. The Morgan fingerprint density at radius 3 is 3.27 bits per heavy atom. The van der Waals surface area contributed by atoms with Gasteiger partial charge in [-0.25, -0.2) is 4.21 Å². The average molecular weight is 203 g/mol. The number of fused-ring (bicyclic) bond motifs is 1. The minimum atomic E-state index is -0.943. The summed E-state index contributed by atoms with van der Waals surface area (Å²) in [6.07, 6.45) is 5.52. The van der Waals surface area contributed by atoms with E-state index >= 15 is 0 Å². The Balaban J connectivity index is 2.37. The van der Waals surface area contributed by atoms with Crippen LogP contribution in [0.2, 0.25) is 0 Å². The van der Waals surface area contributed by atoms with Crippen molar-refractivity contribution in [1.29, 1.82) is 0 Å². The van der Waals surface area contributed by atoms with Gasteiger partial charge in [-0.1, -0.05) is 18.3 Å². The molecule has 0 aromatic heterocycles. The summed E-state index contributed by atoms with van der Waals surface area (Å²) in [6, 6.07) is 0. The predicted molar refractivity (Wildman–Crippen MR) is 53.2 cm³/mol. The Morgan fingerprint density at radius 1 is 1.73 bits per heavy atom. The molecule has 0 aliphatic carbocycles. The number of dihydropyridines is 1. The van der Waals surface area contributed by atoms with E-state index < -0.39 is 9.83 Å². The summed E-state index contributed by atoms with van der Waals surface area (Å²) in [7, 11) is 0.321. The van der Waals surface area contributed by atoms with Crippen molar-refractivity contribution in [2.45, 2.75) is 5.37 Å². The molecule has 3 unspecified atom stereocenters. The minimum Gasteiger partial charge on any atom is -0.274 e. The second-order valence-electron chi connectivity index (χ2n) is 2.26. The summed E-state index contributed by atoms with van der Waals surface area (Å²) in [5.74, 6) is 0.126. The SMILES string of the molecule is O=S1SC(=S)C2C=CC=NC21. The number of thiocarbonyl (C=S) groups is 1. The fourth-order valence-corrected chi connectivity index (χ4v) is 4.86. The van der Waals surface area contributed by atoms with Crippen molar-refractivity contribution in [3.8, 4) is 0 Å². The van der Waals surface area contributed by atoms with E-state index in [-0.39, 0.29) is 11.3 Å². The molecule has 0 N–H and O–H groups in total. The van der Waals surface area contributed by atoms with Gasteiger partial charge < -0.3 is 0 Å². The summed E-state index contributed by atoms with van der Waals surface area (Å²) in [4.78, 5) is 4.10. The van der Waals surface area contributed by atoms with E-state index in [1.165, 1.54) is 10.8 Å². The van der Waals surface area contributed by atoms with Gasteiger partial charge in [0, 0.05) is 6.21 Å². The Bertz CT molecular complexity index is 256. The molecule has 2 aliphatic rings. The summed E-state index contributed by atoms with van der Waals surface area (Å²) in [6.45, 7) is 0. The van der Waals surface area contributed by atoms with E-state index in [2.05, 4.69) is 4.99 Å². The first-order valence-electron chi connectivity index (χ1n) is 3.12. The van der Waals surface area contributed by atoms with Crippen LogP contribution < -0.4 is 0 Å². The van der Waals surface area contributed by atoms with Crippen molar-refractivity contribution in [2.24, 2.45) is 10.9 Å². The Hall–Kier alpha value is -0.0000000000000000555. The van der Waals surface area contributed by atoms with Gasteiger partial charge in [-0.05, 0) is 16.9 Å². The molecule has 3 atom stereocenters. The van der Waals surface area contributed by atoms with Crippen LogP contribution in [-0.2, 0) is 9.83 Å². The maximum absolute atomic E-state index is 11.3. The molecule has 0 spiro atoms. The van der Waals surface area contributed by atoms with Crippen molar-refractivity contribution in [3.63, 3.8) is 0 Å². The normalized spacial score (nSPS) is 41.1. The van der Waals surface area contributed by atoms with Gasteiger partial charge in [0.2, 0.25) is 0 Å². The van der Waals surface area contributed by atoms with E-state index in [9.17, 15) is 4.21 Å². The quantitative estimate of drug-likeness (QED) is 0.439. The second-order valence-corrected chi connectivity index (χ2v) is 6.06. The van der Waals surface area contributed by atoms with Gasteiger partial charge in [0.05, 0.1) is 10.1 Å². The van der Waals surface area contributed by atoms with Crippen LogP contribution in [0.25, 0.3) is 0 Å². The van der Waals surface area contributed by atoms with Crippen molar-refractivity contribution >= 4 is 43.3 Å². The van der Waals surface area contributed by atoms with E-state index in [4.69, 9.17) is 12.2 Å². The van der Waals surface area contributed by atoms with Crippen LogP contribution in [0.4, 0.5) is 0 Å². The lowest BCUT2D eigenvalue weighted by molar-refractivity contribution is 0.674. The number of hydrogen-bond acceptors (Lipinski definition) is 4. The van der Waals surface area contributed by atoms with Crippen molar-refractivity contribution < 1.29 is 4.21 Å². The van der Waals surface area contributed by atoms with Crippen molar-refractivity contribution in [1.82, 2.24) is 0 Å². The molecular formula is C6H5NOS3. The highest BCUT2D eigenvalue weighted by Gasteiger charge is 2.37. The minimum absolute atomic E-state index is 0.113. The zero-order chi connectivity index (χ0) is 7.84. The van der Waals surface area contributed by atoms with E-state index in [0.29, 0.717) is 0 Å². The Morgan fingerprint density at radius 2 is 2.55 bits per heavy atom. The molecule has 11 heavy (non-hydrogen) atoms. The number of nitrogens with zero attached hydrogens (tertiary/aromatic N) is 1. The number of hydrogen-bond donors (Lipinski definition) is 0. The van der Waals surface area contributed by atoms with Crippen LogP contribution in [0.1, 0.15) is 0 Å². The molecule has 0 radical (unpaired) electrons. The fraction of sp³-hybridized carbons (Fsp3) is 0.333. The van der Waals surface area contributed by atoms with Gasteiger partial charge in [-0.2, -0.15) is 0 Å². The molecule has 1 saturated heterocycles. The second kappa shape index (κ2) is 2.80. The van der Waals surface area contributed by atoms with E-state index in [1.807, 2.05) is 12.2 Å². The van der Waals surface area contributed by atoms with E-state index in [1.54, 1.807) is 6.21 Å². The highest BCUT2D eigenvalue weighted by Crippen LogP contribution is 2.37. The van der Waals surface area contributed by atoms with E-state index in [0.717, 1.165) is 4.20 Å². The van der Waals surface area contributed by atoms with Gasteiger partial charge in [0.15, 0.2) is 0 Å². The first kappa shape index (κ1) is 7.64. The van der Waals surface area contributed by atoms with Gasteiger partial charge >= 0.3 is 0 Å². The molecule has 0 amide bonds. The molecule has 2 nitrogen and oxygen atoms in total. The Kier molecular flexibility index (Phi) is 1.95. The number of allylic oxidation sites excluding steroid dienone is 1. The molecular weight excluding hydrogens is 198 g/mol. The van der Waals surface area contributed by atoms with Gasteiger partial charge in [-0.15, -0.1) is 0 Å². The topological polar surface area (TPSA) is 29.4 Å². The highest BCUT2D eigenvalue weighted by atomic mass is 33.1. The van der Waals surface area contributed by atoms with Crippen LogP contribution in [0.5, 0.6) is 0 Å². The lowest BCUT2D eigenvalue weighted by atomic mass is 10.1. The summed E-state index contributed by atoms with van der Waals surface area (Å²) >= 11 is 5.04. The van der Waals surface area contributed by atoms with Gasteiger partial charge in [0.1, 0.15) is 15.2 Å². The molecule has 0 aromatic rings. The van der Waals surface area contributed by atoms with Crippen LogP contribution in [0.3, 0.4) is 0 Å². The lowest BCUT2D eigenvalue weighted by Crippen LogP contribution is -2.18. The molecule has 58 valence electrons. The predicted octanol–water partition coefficient (Wildman–Crippen LogP) is 1.31. The largest absolute Gasteiger partial charge is 0.274 e. The number of rotatable bonds is 0. The highest BCUT2D eigenvalue weighted by molar-refractivity contribution is 8.78. The number of aliphatic imine (C=N–C) groups is 1. The molecule has 2 rings (SSSR count). The summed E-state index contributed by atoms with van der Waals surface area (Å²) in [5, 5.41) is -0.113.